The smallest absolute Gasteiger partial charge is 0.160 e. The Morgan fingerprint density at radius 1 is 0.800 bits per heavy atom. The molecule has 1 fully saturated rings. The molecule has 0 saturated carbocycles. The lowest BCUT2D eigenvalue weighted by Gasteiger charge is -2.39. The lowest BCUT2D eigenvalue weighted by Crippen LogP contribution is -2.42. The molecule has 4 heteroatoms. The van der Waals surface area contributed by atoms with Crippen LogP contribution >= 0.6 is 0 Å². The number of aliphatic hydroxyl groups excluding tert-OH is 1. The number of hydrogen-bond donors (Lipinski definition) is 1. The maximum atomic E-state index is 10.2. The molecule has 30 heavy (non-hydrogen) atoms. The quantitative estimate of drug-likeness (QED) is 0.589. The van der Waals surface area contributed by atoms with E-state index >= 15 is 0 Å². The summed E-state index contributed by atoms with van der Waals surface area (Å²) in [5.74, 6) is 0. The molecule has 0 aliphatic carbocycles. The van der Waals surface area contributed by atoms with Gasteiger partial charge in [0.2, 0.25) is 0 Å². The van der Waals surface area contributed by atoms with E-state index in [0.29, 0.717) is 19.4 Å². The van der Waals surface area contributed by atoms with Crippen LogP contribution in [0, 0.1) is 0 Å². The first kappa shape index (κ1) is 20.8. The Bertz CT molecular complexity index is 801. The Balaban J connectivity index is 1.75. The zero-order valence-corrected chi connectivity index (χ0v) is 17.2. The van der Waals surface area contributed by atoms with Gasteiger partial charge in [-0.2, -0.15) is 0 Å². The standard InChI is InChI=1S/C26H28O4/c1-28-25-18-23(27)17-24(30-25)19-29-26(20-11-5-2-6-12-20,21-13-7-3-8-14-21)22-15-9-4-10-16-22/h2-16,23-25,27H,17-19H2,1H3/t23-,24+,25+/m0/s1. The molecule has 3 aromatic carbocycles. The Morgan fingerprint density at radius 3 is 1.70 bits per heavy atom. The van der Waals surface area contributed by atoms with Crippen molar-refractivity contribution in [1.82, 2.24) is 0 Å². The van der Waals surface area contributed by atoms with Gasteiger partial charge in [0.15, 0.2) is 6.29 Å². The molecule has 3 aromatic rings. The molecule has 4 rings (SSSR count). The molecular weight excluding hydrogens is 376 g/mol. The normalized spacial score (nSPS) is 22.0. The van der Waals surface area contributed by atoms with Gasteiger partial charge in [-0.15, -0.1) is 0 Å². The summed E-state index contributed by atoms with van der Waals surface area (Å²) in [6.45, 7) is 0.329. The summed E-state index contributed by atoms with van der Waals surface area (Å²) < 4.78 is 18.1. The average molecular weight is 405 g/mol. The van der Waals surface area contributed by atoms with E-state index in [1.54, 1.807) is 7.11 Å². The van der Waals surface area contributed by atoms with Crippen LogP contribution in [0.2, 0.25) is 0 Å². The number of benzene rings is 3. The highest BCUT2D eigenvalue weighted by molar-refractivity contribution is 5.47. The Kier molecular flexibility index (Phi) is 6.60. The van der Waals surface area contributed by atoms with Crippen molar-refractivity contribution in [2.75, 3.05) is 13.7 Å². The molecule has 0 bridgehead atoms. The van der Waals surface area contributed by atoms with Crippen LogP contribution in [0.5, 0.6) is 0 Å². The van der Waals surface area contributed by atoms with Crippen LogP contribution in [0.15, 0.2) is 91.0 Å². The first-order valence-corrected chi connectivity index (χ1v) is 10.4. The third-order valence-electron chi connectivity index (χ3n) is 5.63. The zero-order chi connectivity index (χ0) is 20.8. The van der Waals surface area contributed by atoms with E-state index in [4.69, 9.17) is 14.2 Å². The molecule has 0 radical (unpaired) electrons. The molecule has 1 aliphatic heterocycles. The number of ether oxygens (including phenoxy) is 3. The van der Waals surface area contributed by atoms with Gasteiger partial charge in [-0.1, -0.05) is 91.0 Å². The fraction of sp³-hybridized carbons (Fsp3) is 0.308. The van der Waals surface area contributed by atoms with Gasteiger partial charge in [0.1, 0.15) is 5.60 Å². The maximum absolute atomic E-state index is 10.2. The fourth-order valence-electron chi connectivity index (χ4n) is 4.19. The molecule has 4 nitrogen and oxygen atoms in total. The van der Waals surface area contributed by atoms with Crippen LogP contribution in [0.4, 0.5) is 0 Å². The van der Waals surface area contributed by atoms with Crippen molar-refractivity contribution in [2.24, 2.45) is 0 Å². The second kappa shape index (κ2) is 9.54. The lowest BCUT2D eigenvalue weighted by atomic mass is 9.80. The van der Waals surface area contributed by atoms with Crippen LogP contribution in [0.3, 0.4) is 0 Å². The van der Waals surface area contributed by atoms with Crippen molar-refractivity contribution in [2.45, 2.75) is 36.9 Å². The monoisotopic (exact) mass is 404 g/mol. The van der Waals surface area contributed by atoms with Gasteiger partial charge >= 0.3 is 0 Å². The highest BCUT2D eigenvalue weighted by Crippen LogP contribution is 2.41. The van der Waals surface area contributed by atoms with Crippen molar-refractivity contribution < 1.29 is 19.3 Å². The van der Waals surface area contributed by atoms with Crippen LogP contribution in [-0.4, -0.2) is 37.3 Å². The SMILES string of the molecule is CO[C@H]1C[C@@H](O)C[C@H](COC(c2ccccc2)(c2ccccc2)c2ccccc2)O1. The van der Waals surface area contributed by atoms with Crippen LogP contribution < -0.4 is 0 Å². The Hall–Kier alpha value is -2.50. The van der Waals surface area contributed by atoms with Crippen LogP contribution in [0.25, 0.3) is 0 Å². The minimum absolute atomic E-state index is 0.255. The molecule has 3 atom stereocenters. The fourth-order valence-corrected chi connectivity index (χ4v) is 4.19. The van der Waals surface area contributed by atoms with E-state index in [-0.39, 0.29) is 6.10 Å². The summed E-state index contributed by atoms with van der Waals surface area (Å²) in [6, 6.07) is 30.7. The van der Waals surface area contributed by atoms with E-state index in [1.165, 1.54) is 0 Å². The molecule has 0 spiro atoms. The molecule has 1 saturated heterocycles. The number of rotatable bonds is 7. The van der Waals surface area contributed by atoms with Crippen molar-refractivity contribution in [3.63, 3.8) is 0 Å². The van der Waals surface area contributed by atoms with Crippen molar-refractivity contribution >= 4 is 0 Å². The van der Waals surface area contributed by atoms with E-state index in [2.05, 4.69) is 36.4 Å². The van der Waals surface area contributed by atoms with Gasteiger partial charge in [0, 0.05) is 20.0 Å². The molecule has 1 heterocycles. The zero-order valence-electron chi connectivity index (χ0n) is 17.2. The van der Waals surface area contributed by atoms with Gasteiger partial charge in [-0.3, -0.25) is 0 Å². The largest absolute Gasteiger partial charge is 0.393 e. The van der Waals surface area contributed by atoms with Gasteiger partial charge in [-0.05, 0) is 16.7 Å². The van der Waals surface area contributed by atoms with Gasteiger partial charge in [0.25, 0.3) is 0 Å². The van der Waals surface area contributed by atoms with Gasteiger partial charge in [0.05, 0.1) is 18.8 Å². The summed E-state index contributed by atoms with van der Waals surface area (Å²) in [6.07, 6.45) is -0.129. The first-order chi connectivity index (χ1) is 14.7. The Labute approximate surface area is 178 Å². The molecule has 0 aromatic heterocycles. The summed E-state index contributed by atoms with van der Waals surface area (Å²) in [5, 5.41) is 10.2. The Morgan fingerprint density at radius 2 is 1.27 bits per heavy atom. The second-order valence-corrected chi connectivity index (χ2v) is 7.64. The van der Waals surface area contributed by atoms with E-state index in [1.807, 2.05) is 54.6 Å². The maximum Gasteiger partial charge on any atom is 0.160 e. The number of aliphatic hydroxyl groups is 1. The van der Waals surface area contributed by atoms with Crippen molar-refractivity contribution in [3.05, 3.63) is 108 Å². The van der Waals surface area contributed by atoms with Gasteiger partial charge < -0.3 is 19.3 Å². The van der Waals surface area contributed by atoms with E-state index in [0.717, 1.165) is 16.7 Å². The summed E-state index contributed by atoms with van der Waals surface area (Å²) in [7, 11) is 1.60. The third-order valence-corrected chi connectivity index (χ3v) is 5.63. The third kappa shape index (κ3) is 4.32. The van der Waals surface area contributed by atoms with Crippen LogP contribution in [0.1, 0.15) is 29.5 Å². The topological polar surface area (TPSA) is 47.9 Å². The summed E-state index contributed by atoms with van der Waals surface area (Å²) in [5.41, 5.74) is 2.34. The van der Waals surface area contributed by atoms with Gasteiger partial charge in [-0.25, -0.2) is 0 Å². The minimum atomic E-state index is -0.794. The second-order valence-electron chi connectivity index (χ2n) is 7.64. The van der Waals surface area contributed by atoms with E-state index in [9.17, 15) is 5.11 Å². The highest BCUT2D eigenvalue weighted by atomic mass is 16.7. The molecule has 0 unspecified atom stereocenters. The number of hydrogen-bond acceptors (Lipinski definition) is 4. The number of methoxy groups -OCH3 is 1. The summed E-state index contributed by atoms with van der Waals surface area (Å²) in [4.78, 5) is 0. The molecule has 1 N–H and O–H groups in total. The van der Waals surface area contributed by atoms with Crippen LogP contribution in [-0.2, 0) is 19.8 Å². The molecule has 1 aliphatic rings. The lowest BCUT2D eigenvalue weighted by molar-refractivity contribution is -0.219. The first-order valence-electron chi connectivity index (χ1n) is 10.4. The average Bonchev–Trinajstić information content (AvgIpc) is 2.81. The predicted octanol–water partition coefficient (Wildman–Crippen LogP) is 4.51. The highest BCUT2D eigenvalue weighted by Gasteiger charge is 2.39. The molecule has 156 valence electrons. The van der Waals surface area contributed by atoms with Crippen molar-refractivity contribution in [1.29, 1.82) is 0 Å². The molecular formula is C26H28O4. The van der Waals surface area contributed by atoms with Crippen molar-refractivity contribution in [3.8, 4) is 0 Å². The van der Waals surface area contributed by atoms with E-state index < -0.39 is 18.0 Å². The predicted molar refractivity (Wildman–Crippen MR) is 116 cm³/mol. The minimum Gasteiger partial charge on any atom is -0.393 e. The summed E-state index contributed by atoms with van der Waals surface area (Å²) >= 11 is 0. The molecule has 0 amide bonds.